The summed E-state index contributed by atoms with van der Waals surface area (Å²) in [5, 5.41) is 9.47. The minimum Gasteiger partial charge on any atom is -0.496 e. The Morgan fingerprint density at radius 3 is 2.62 bits per heavy atom. The van der Waals surface area contributed by atoms with Crippen LogP contribution in [0.1, 0.15) is 31.4 Å². The van der Waals surface area contributed by atoms with Crippen molar-refractivity contribution in [2.24, 2.45) is 0 Å². The van der Waals surface area contributed by atoms with Gasteiger partial charge >= 0.3 is 0 Å². The highest BCUT2D eigenvalue weighted by atomic mass is 16.5. The molecule has 1 atom stereocenters. The van der Waals surface area contributed by atoms with Crippen molar-refractivity contribution in [3.8, 4) is 11.5 Å². The van der Waals surface area contributed by atoms with Crippen LogP contribution in [0.5, 0.6) is 11.5 Å². The zero-order valence-electron chi connectivity index (χ0n) is 16.9. The molecule has 1 saturated heterocycles. The van der Waals surface area contributed by atoms with Gasteiger partial charge in [0.05, 0.1) is 14.2 Å². The summed E-state index contributed by atoms with van der Waals surface area (Å²) in [6, 6.07) is 4.50. The average Bonchev–Trinajstić information content (AvgIpc) is 2.61. The van der Waals surface area contributed by atoms with Crippen LogP contribution in [-0.2, 0) is 6.54 Å². The molecule has 146 valence electrons. The van der Waals surface area contributed by atoms with Gasteiger partial charge in [0, 0.05) is 56.5 Å². The molecule has 1 heterocycles. The number of piperazine rings is 1. The van der Waals surface area contributed by atoms with Crippen molar-refractivity contribution in [2.75, 3.05) is 47.0 Å². The second-order valence-corrected chi connectivity index (χ2v) is 7.26. The molecule has 1 N–H and O–H groups in total. The predicted octanol–water partition coefficient (Wildman–Crippen LogP) is 2.85. The first-order valence-corrected chi connectivity index (χ1v) is 9.41. The molecule has 0 aliphatic carbocycles. The Balaban J connectivity index is 2.09. The van der Waals surface area contributed by atoms with Gasteiger partial charge < -0.3 is 14.6 Å². The van der Waals surface area contributed by atoms with E-state index in [1.54, 1.807) is 14.2 Å². The first kappa shape index (κ1) is 20.7. The van der Waals surface area contributed by atoms with Crippen molar-refractivity contribution in [3.05, 3.63) is 34.9 Å². The Morgan fingerprint density at radius 2 is 2.00 bits per heavy atom. The third-order valence-electron chi connectivity index (χ3n) is 5.14. The molecular weight excluding hydrogens is 328 g/mol. The summed E-state index contributed by atoms with van der Waals surface area (Å²) >= 11 is 0. The lowest BCUT2D eigenvalue weighted by atomic mass is 10.0. The first-order valence-electron chi connectivity index (χ1n) is 9.41. The van der Waals surface area contributed by atoms with Crippen LogP contribution in [0.25, 0.3) is 0 Å². The SMILES string of the molecule is COc1ccc(CN2CCN(CC=C(C)C)[C@H](CCO)C2)c(OC)c1C. The zero-order valence-corrected chi connectivity index (χ0v) is 16.9. The van der Waals surface area contributed by atoms with E-state index in [-0.39, 0.29) is 6.61 Å². The van der Waals surface area contributed by atoms with Crippen LogP contribution in [0.15, 0.2) is 23.8 Å². The van der Waals surface area contributed by atoms with E-state index >= 15 is 0 Å². The van der Waals surface area contributed by atoms with Gasteiger partial charge in [0.25, 0.3) is 0 Å². The van der Waals surface area contributed by atoms with Gasteiger partial charge in [-0.15, -0.1) is 0 Å². The topological polar surface area (TPSA) is 45.2 Å². The molecule has 0 aromatic heterocycles. The Hall–Kier alpha value is -1.56. The summed E-state index contributed by atoms with van der Waals surface area (Å²) in [5.74, 6) is 1.77. The van der Waals surface area contributed by atoms with Crippen LogP contribution in [0, 0.1) is 6.92 Å². The van der Waals surface area contributed by atoms with Gasteiger partial charge in [-0.25, -0.2) is 0 Å². The molecular formula is C21H34N2O3. The van der Waals surface area contributed by atoms with Crippen LogP contribution in [0.2, 0.25) is 0 Å². The van der Waals surface area contributed by atoms with E-state index in [4.69, 9.17) is 9.47 Å². The summed E-state index contributed by atoms with van der Waals surface area (Å²) in [6.45, 7) is 11.4. The van der Waals surface area contributed by atoms with E-state index in [0.717, 1.165) is 56.2 Å². The monoisotopic (exact) mass is 362 g/mol. The molecule has 1 aliphatic rings. The molecule has 1 aromatic carbocycles. The third kappa shape index (κ3) is 5.22. The molecule has 5 nitrogen and oxygen atoms in total. The summed E-state index contributed by atoms with van der Waals surface area (Å²) in [4.78, 5) is 4.94. The Kier molecular flexibility index (Phi) is 7.94. The van der Waals surface area contributed by atoms with Crippen LogP contribution in [-0.4, -0.2) is 68.0 Å². The minimum absolute atomic E-state index is 0.231. The fraction of sp³-hybridized carbons (Fsp3) is 0.619. The number of aliphatic hydroxyl groups excluding tert-OH is 1. The maximum absolute atomic E-state index is 9.47. The number of methoxy groups -OCH3 is 2. The van der Waals surface area contributed by atoms with Crippen LogP contribution in [0.3, 0.4) is 0 Å². The predicted molar refractivity (Wildman–Crippen MR) is 106 cm³/mol. The molecule has 1 aliphatic heterocycles. The lowest BCUT2D eigenvalue weighted by Gasteiger charge is -2.41. The standard InChI is InChI=1S/C21H34N2O3/c1-16(2)8-10-23-12-11-22(15-19(23)9-13-24)14-18-6-7-20(25-4)17(3)21(18)26-5/h6-8,19,24H,9-15H2,1-5H3/t19-/m1/s1. The summed E-state index contributed by atoms with van der Waals surface area (Å²) in [5.41, 5.74) is 3.57. The highest BCUT2D eigenvalue weighted by molar-refractivity contribution is 5.49. The number of rotatable bonds is 8. The number of allylic oxidation sites excluding steroid dienone is 1. The second kappa shape index (κ2) is 9.95. The minimum atomic E-state index is 0.231. The Labute approximate surface area is 158 Å². The zero-order chi connectivity index (χ0) is 19.1. The van der Waals surface area contributed by atoms with Crippen LogP contribution >= 0.6 is 0 Å². The van der Waals surface area contributed by atoms with E-state index in [9.17, 15) is 5.11 Å². The number of nitrogens with zero attached hydrogens (tertiary/aromatic N) is 2. The summed E-state index contributed by atoms with van der Waals surface area (Å²) in [6.07, 6.45) is 3.09. The summed E-state index contributed by atoms with van der Waals surface area (Å²) in [7, 11) is 3.41. The Bertz CT molecular complexity index is 612. The van der Waals surface area contributed by atoms with E-state index < -0.39 is 0 Å². The number of hydrogen-bond donors (Lipinski definition) is 1. The van der Waals surface area contributed by atoms with Crippen molar-refractivity contribution in [2.45, 2.75) is 39.8 Å². The van der Waals surface area contributed by atoms with E-state index in [2.05, 4.69) is 35.8 Å². The van der Waals surface area contributed by atoms with E-state index in [1.165, 1.54) is 11.1 Å². The van der Waals surface area contributed by atoms with Gasteiger partial charge in [-0.1, -0.05) is 17.7 Å². The maximum atomic E-state index is 9.47. The van der Waals surface area contributed by atoms with Gasteiger partial charge in [0.2, 0.25) is 0 Å². The van der Waals surface area contributed by atoms with Crippen molar-refractivity contribution in [1.29, 1.82) is 0 Å². The van der Waals surface area contributed by atoms with Gasteiger partial charge in [0.15, 0.2) is 0 Å². The van der Waals surface area contributed by atoms with Crippen LogP contribution in [0.4, 0.5) is 0 Å². The lowest BCUT2D eigenvalue weighted by Crippen LogP contribution is -2.53. The molecule has 0 bridgehead atoms. The van der Waals surface area contributed by atoms with Crippen molar-refractivity contribution >= 4 is 0 Å². The van der Waals surface area contributed by atoms with E-state index in [1.807, 2.05) is 13.0 Å². The van der Waals surface area contributed by atoms with Crippen molar-refractivity contribution < 1.29 is 14.6 Å². The normalized spacial score (nSPS) is 18.6. The molecule has 0 unspecified atom stereocenters. The molecule has 5 heteroatoms. The molecule has 0 amide bonds. The van der Waals surface area contributed by atoms with Crippen molar-refractivity contribution in [3.63, 3.8) is 0 Å². The van der Waals surface area contributed by atoms with Gasteiger partial charge in [-0.2, -0.15) is 0 Å². The number of ether oxygens (including phenoxy) is 2. The van der Waals surface area contributed by atoms with Crippen LogP contribution < -0.4 is 9.47 Å². The molecule has 1 aromatic rings. The molecule has 0 radical (unpaired) electrons. The second-order valence-electron chi connectivity index (χ2n) is 7.26. The Morgan fingerprint density at radius 1 is 1.23 bits per heavy atom. The highest BCUT2D eigenvalue weighted by Crippen LogP contribution is 2.32. The number of aliphatic hydroxyl groups is 1. The van der Waals surface area contributed by atoms with E-state index in [0.29, 0.717) is 6.04 Å². The van der Waals surface area contributed by atoms with Crippen molar-refractivity contribution in [1.82, 2.24) is 9.80 Å². The molecule has 2 rings (SSSR count). The maximum Gasteiger partial charge on any atom is 0.129 e. The first-order chi connectivity index (χ1) is 12.5. The number of benzene rings is 1. The number of hydrogen-bond acceptors (Lipinski definition) is 5. The highest BCUT2D eigenvalue weighted by Gasteiger charge is 2.26. The molecule has 1 fully saturated rings. The largest absolute Gasteiger partial charge is 0.496 e. The fourth-order valence-corrected chi connectivity index (χ4v) is 3.66. The average molecular weight is 363 g/mol. The quantitative estimate of drug-likeness (QED) is 0.721. The fourth-order valence-electron chi connectivity index (χ4n) is 3.66. The molecule has 0 spiro atoms. The van der Waals surface area contributed by atoms with Gasteiger partial charge in [-0.05, 0) is 33.3 Å². The smallest absolute Gasteiger partial charge is 0.129 e. The third-order valence-corrected chi connectivity index (χ3v) is 5.14. The summed E-state index contributed by atoms with van der Waals surface area (Å²) < 4.78 is 11.1. The van der Waals surface area contributed by atoms with Gasteiger partial charge in [0.1, 0.15) is 11.5 Å². The molecule has 0 saturated carbocycles. The molecule has 26 heavy (non-hydrogen) atoms. The lowest BCUT2D eigenvalue weighted by molar-refractivity contribution is 0.0632. The van der Waals surface area contributed by atoms with Gasteiger partial charge in [-0.3, -0.25) is 9.80 Å².